The molecule has 0 heterocycles. The van der Waals surface area contributed by atoms with Crippen LogP contribution in [0.25, 0.3) is 0 Å². The lowest BCUT2D eigenvalue weighted by Gasteiger charge is -2.00. The van der Waals surface area contributed by atoms with Crippen LogP contribution in [0.1, 0.15) is 0 Å². The van der Waals surface area contributed by atoms with Crippen LogP contribution in [-0.4, -0.2) is 6.54 Å². The SMILES string of the molecule is N#CCNc1ccccc1F. The minimum atomic E-state index is -0.331. The Morgan fingerprint density at radius 1 is 1.45 bits per heavy atom. The second kappa shape index (κ2) is 3.57. The molecule has 0 amide bonds. The van der Waals surface area contributed by atoms with Gasteiger partial charge in [0.1, 0.15) is 12.4 Å². The summed E-state index contributed by atoms with van der Waals surface area (Å²) in [5.41, 5.74) is 0.369. The Hall–Kier alpha value is -1.56. The molecule has 2 nitrogen and oxygen atoms in total. The Balaban J connectivity index is 2.71. The molecule has 1 aromatic carbocycles. The number of anilines is 1. The van der Waals surface area contributed by atoms with E-state index in [1.165, 1.54) is 6.07 Å². The highest BCUT2D eigenvalue weighted by Gasteiger charge is 1.96. The minimum Gasteiger partial charge on any atom is -0.370 e. The van der Waals surface area contributed by atoms with Crippen LogP contribution in [0, 0.1) is 17.1 Å². The van der Waals surface area contributed by atoms with Crippen molar-refractivity contribution in [3.8, 4) is 6.07 Å². The number of halogens is 1. The summed E-state index contributed by atoms with van der Waals surface area (Å²) in [5.74, 6) is -0.331. The van der Waals surface area contributed by atoms with Crippen molar-refractivity contribution >= 4 is 5.69 Å². The van der Waals surface area contributed by atoms with Gasteiger partial charge in [-0.1, -0.05) is 12.1 Å². The fourth-order valence-corrected chi connectivity index (χ4v) is 0.739. The molecular formula is C8H7FN2. The highest BCUT2D eigenvalue weighted by Crippen LogP contribution is 2.10. The summed E-state index contributed by atoms with van der Waals surface area (Å²) in [4.78, 5) is 0. The van der Waals surface area contributed by atoms with Crippen molar-refractivity contribution in [2.45, 2.75) is 0 Å². The van der Waals surface area contributed by atoms with Gasteiger partial charge in [-0.3, -0.25) is 0 Å². The molecule has 1 rings (SSSR count). The molecule has 0 aliphatic rings. The maximum Gasteiger partial charge on any atom is 0.146 e. The Morgan fingerprint density at radius 3 is 2.82 bits per heavy atom. The lowest BCUT2D eigenvalue weighted by atomic mass is 10.3. The van der Waals surface area contributed by atoms with Gasteiger partial charge in [-0.25, -0.2) is 4.39 Å². The molecule has 0 saturated carbocycles. The summed E-state index contributed by atoms with van der Waals surface area (Å²) in [6.45, 7) is 0.126. The largest absolute Gasteiger partial charge is 0.370 e. The van der Waals surface area contributed by atoms with Gasteiger partial charge in [0.25, 0.3) is 0 Å². The van der Waals surface area contributed by atoms with Crippen LogP contribution in [0.4, 0.5) is 10.1 Å². The van der Waals surface area contributed by atoms with Crippen LogP contribution in [0.5, 0.6) is 0 Å². The molecule has 0 aromatic heterocycles. The molecule has 11 heavy (non-hydrogen) atoms. The maximum absolute atomic E-state index is 12.7. The van der Waals surface area contributed by atoms with E-state index in [1.807, 2.05) is 6.07 Å². The van der Waals surface area contributed by atoms with Crippen LogP contribution in [-0.2, 0) is 0 Å². The summed E-state index contributed by atoms with van der Waals surface area (Å²) >= 11 is 0. The van der Waals surface area contributed by atoms with Gasteiger partial charge in [0, 0.05) is 0 Å². The first-order valence-corrected chi connectivity index (χ1v) is 3.20. The number of nitrogens with one attached hydrogen (secondary N) is 1. The highest BCUT2D eigenvalue weighted by molar-refractivity contribution is 5.44. The second-order valence-corrected chi connectivity index (χ2v) is 1.99. The smallest absolute Gasteiger partial charge is 0.146 e. The summed E-state index contributed by atoms with van der Waals surface area (Å²) in [5, 5.41) is 10.8. The molecule has 3 heteroatoms. The van der Waals surface area contributed by atoms with E-state index in [-0.39, 0.29) is 12.4 Å². The molecule has 0 radical (unpaired) electrons. The molecule has 0 bridgehead atoms. The van der Waals surface area contributed by atoms with Gasteiger partial charge < -0.3 is 5.32 Å². The number of para-hydroxylation sites is 1. The van der Waals surface area contributed by atoms with Gasteiger partial charge in [0.2, 0.25) is 0 Å². The third kappa shape index (κ3) is 1.94. The van der Waals surface area contributed by atoms with E-state index in [9.17, 15) is 4.39 Å². The van der Waals surface area contributed by atoms with E-state index in [4.69, 9.17) is 5.26 Å². The van der Waals surface area contributed by atoms with E-state index < -0.39 is 0 Å². The average molecular weight is 150 g/mol. The first kappa shape index (κ1) is 7.55. The number of rotatable bonds is 2. The predicted octanol–water partition coefficient (Wildman–Crippen LogP) is 1.76. The lowest BCUT2D eigenvalue weighted by molar-refractivity contribution is 0.631. The Labute approximate surface area is 64.3 Å². The fourth-order valence-electron chi connectivity index (χ4n) is 0.739. The first-order valence-electron chi connectivity index (χ1n) is 3.20. The van der Waals surface area contributed by atoms with Gasteiger partial charge in [0.15, 0.2) is 0 Å². The molecule has 0 unspecified atom stereocenters. The average Bonchev–Trinajstić information content (AvgIpc) is 2.03. The van der Waals surface area contributed by atoms with Gasteiger partial charge in [-0.05, 0) is 12.1 Å². The van der Waals surface area contributed by atoms with Crippen molar-refractivity contribution in [3.05, 3.63) is 30.1 Å². The zero-order valence-corrected chi connectivity index (χ0v) is 5.84. The van der Waals surface area contributed by atoms with Crippen LogP contribution in [0.3, 0.4) is 0 Å². The number of nitriles is 1. The molecule has 0 aliphatic carbocycles. The van der Waals surface area contributed by atoms with E-state index in [1.54, 1.807) is 18.2 Å². The van der Waals surface area contributed by atoms with Crippen LogP contribution in [0.15, 0.2) is 24.3 Å². The molecule has 1 aromatic rings. The first-order chi connectivity index (χ1) is 5.34. The van der Waals surface area contributed by atoms with Crippen molar-refractivity contribution in [2.75, 3.05) is 11.9 Å². The second-order valence-electron chi connectivity index (χ2n) is 1.99. The fraction of sp³-hybridized carbons (Fsp3) is 0.125. The molecule has 56 valence electrons. The van der Waals surface area contributed by atoms with Crippen molar-refractivity contribution < 1.29 is 4.39 Å². The zero-order valence-electron chi connectivity index (χ0n) is 5.84. The Morgan fingerprint density at radius 2 is 2.18 bits per heavy atom. The van der Waals surface area contributed by atoms with E-state index >= 15 is 0 Å². The van der Waals surface area contributed by atoms with Gasteiger partial charge in [-0.2, -0.15) is 5.26 Å². The molecule has 0 saturated heterocycles. The van der Waals surface area contributed by atoms with Crippen LogP contribution < -0.4 is 5.32 Å². The van der Waals surface area contributed by atoms with Crippen molar-refractivity contribution in [1.82, 2.24) is 0 Å². The third-order valence-electron chi connectivity index (χ3n) is 1.23. The Bertz CT molecular complexity index is 278. The van der Waals surface area contributed by atoms with E-state index in [0.29, 0.717) is 5.69 Å². The molecule has 0 aliphatic heterocycles. The lowest BCUT2D eigenvalue weighted by Crippen LogP contribution is -1.99. The predicted molar refractivity (Wildman–Crippen MR) is 40.5 cm³/mol. The topological polar surface area (TPSA) is 35.8 Å². The summed E-state index contributed by atoms with van der Waals surface area (Å²) in [6, 6.07) is 8.12. The van der Waals surface area contributed by atoms with Crippen LogP contribution >= 0.6 is 0 Å². The molecular weight excluding hydrogens is 143 g/mol. The van der Waals surface area contributed by atoms with Crippen molar-refractivity contribution in [1.29, 1.82) is 5.26 Å². The number of nitrogens with zero attached hydrogens (tertiary/aromatic N) is 1. The molecule has 0 atom stereocenters. The Kier molecular flexibility index (Phi) is 2.45. The van der Waals surface area contributed by atoms with Gasteiger partial charge in [0.05, 0.1) is 11.8 Å². The number of hydrogen-bond acceptors (Lipinski definition) is 2. The number of benzene rings is 1. The van der Waals surface area contributed by atoms with E-state index in [2.05, 4.69) is 5.32 Å². The monoisotopic (exact) mass is 150 g/mol. The van der Waals surface area contributed by atoms with Crippen molar-refractivity contribution in [3.63, 3.8) is 0 Å². The normalized spacial score (nSPS) is 8.73. The summed E-state index contributed by atoms with van der Waals surface area (Å²) < 4.78 is 12.7. The van der Waals surface area contributed by atoms with E-state index in [0.717, 1.165) is 0 Å². The number of hydrogen-bond donors (Lipinski definition) is 1. The van der Waals surface area contributed by atoms with Gasteiger partial charge in [-0.15, -0.1) is 0 Å². The maximum atomic E-state index is 12.7. The third-order valence-corrected chi connectivity index (χ3v) is 1.23. The van der Waals surface area contributed by atoms with Crippen LogP contribution in [0.2, 0.25) is 0 Å². The minimum absolute atomic E-state index is 0.126. The molecule has 1 N–H and O–H groups in total. The summed E-state index contributed by atoms with van der Waals surface area (Å²) in [7, 11) is 0. The zero-order chi connectivity index (χ0) is 8.10. The molecule has 0 fully saturated rings. The van der Waals surface area contributed by atoms with Gasteiger partial charge >= 0.3 is 0 Å². The quantitative estimate of drug-likeness (QED) is 0.652. The summed E-state index contributed by atoms with van der Waals surface area (Å²) in [6.07, 6.45) is 0. The van der Waals surface area contributed by atoms with Crippen molar-refractivity contribution in [2.24, 2.45) is 0 Å². The highest BCUT2D eigenvalue weighted by atomic mass is 19.1. The standard InChI is InChI=1S/C8H7FN2/c9-7-3-1-2-4-8(7)11-6-5-10/h1-4,11H,6H2. The molecule has 0 spiro atoms.